The lowest BCUT2D eigenvalue weighted by Crippen LogP contribution is -2.49. The summed E-state index contributed by atoms with van der Waals surface area (Å²) in [5.41, 5.74) is 2.06. The van der Waals surface area contributed by atoms with Crippen LogP contribution in [0.3, 0.4) is 0 Å². The van der Waals surface area contributed by atoms with Crippen LogP contribution in [0, 0.1) is 5.92 Å². The van der Waals surface area contributed by atoms with Crippen LogP contribution in [0.2, 0.25) is 10.0 Å². The Labute approximate surface area is 208 Å². The lowest BCUT2D eigenvalue weighted by Gasteiger charge is -2.31. The lowest BCUT2D eigenvalue weighted by molar-refractivity contribution is -0.128. The van der Waals surface area contributed by atoms with Crippen molar-refractivity contribution in [1.29, 1.82) is 0 Å². The van der Waals surface area contributed by atoms with E-state index in [1.54, 1.807) is 30.3 Å². The molecule has 6 nitrogen and oxygen atoms in total. The molecule has 0 radical (unpaired) electrons. The Morgan fingerprint density at radius 3 is 2.59 bits per heavy atom. The van der Waals surface area contributed by atoms with E-state index >= 15 is 0 Å². The molecule has 1 aromatic heterocycles. The number of hydrogen-bond acceptors (Lipinski definition) is 5. The summed E-state index contributed by atoms with van der Waals surface area (Å²) < 4.78 is 5.86. The van der Waals surface area contributed by atoms with Crippen LogP contribution in [-0.4, -0.2) is 35.4 Å². The van der Waals surface area contributed by atoms with Gasteiger partial charge < -0.3 is 15.4 Å². The van der Waals surface area contributed by atoms with Gasteiger partial charge in [-0.1, -0.05) is 29.3 Å². The minimum Gasteiger partial charge on any atom is -0.477 e. The highest BCUT2D eigenvalue weighted by atomic mass is 35.5. The molecule has 8 heteroatoms. The van der Waals surface area contributed by atoms with Crippen molar-refractivity contribution in [2.75, 3.05) is 11.9 Å². The third kappa shape index (κ3) is 5.13. The molecule has 1 aliphatic carbocycles. The van der Waals surface area contributed by atoms with E-state index in [4.69, 9.17) is 27.9 Å². The average Bonchev–Trinajstić information content (AvgIpc) is 2.84. The van der Waals surface area contributed by atoms with Gasteiger partial charge in [-0.15, -0.1) is 0 Å². The van der Waals surface area contributed by atoms with Crippen LogP contribution < -0.4 is 15.4 Å². The zero-order chi connectivity index (χ0) is 23.7. The summed E-state index contributed by atoms with van der Waals surface area (Å²) in [5, 5.41) is 8.52. The number of rotatable bonds is 5. The Hall–Kier alpha value is -2.83. The average molecular weight is 498 g/mol. The fraction of sp³-hybridized carbons (Fsp3) is 0.346. The molecule has 3 aromatic rings. The number of amides is 1. The summed E-state index contributed by atoms with van der Waals surface area (Å²) in [5.74, 6) is 0.869. The molecule has 0 saturated heterocycles. The van der Waals surface area contributed by atoms with E-state index in [0.717, 1.165) is 42.3 Å². The van der Waals surface area contributed by atoms with Gasteiger partial charge in [0.2, 0.25) is 0 Å². The second kappa shape index (κ2) is 9.80. The molecule has 2 N–H and O–H groups in total. The highest BCUT2D eigenvalue weighted by molar-refractivity contribution is 6.31. The van der Waals surface area contributed by atoms with Gasteiger partial charge in [0.15, 0.2) is 11.9 Å². The quantitative estimate of drug-likeness (QED) is 0.444. The largest absolute Gasteiger partial charge is 0.477 e. The summed E-state index contributed by atoms with van der Waals surface area (Å²) >= 11 is 12.0. The third-order valence-corrected chi connectivity index (χ3v) is 7.06. The molecule has 1 aliphatic heterocycles. The minimum atomic E-state index is -0.582. The molecule has 5 rings (SSSR count). The Kier molecular flexibility index (Phi) is 6.61. The second-order valence-corrected chi connectivity index (χ2v) is 9.89. The molecule has 1 saturated carbocycles. The molecule has 2 aromatic carbocycles. The van der Waals surface area contributed by atoms with Crippen LogP contribution >= 0.6 is 23.2 Å². The van der Waals surface area contributed by atoms with Crippen molar-refractivity contribution < 1.29 is 14.3 Å². The fourth-order valence-electron chi connectivity index (χ4n) is 4.71. The number of nitrogens with one attached hydrogen (secondary N) is 2. The van der Waals surface area contributed by atoms with Crippen LogP contribution in [0.25, 0.3) is 10.9 Å². The van der Waals surface area contributed by atoms with Gasteiger partial charge in [-0.25, -0.2) is 4.98 Å². The molecule has 34 heavy (non-hydrogen) atoms. The Morgan fingerprint density at radius 2 is 1.76 bits per heavy atom. The van der Waals surface area contributed by atoms with Gasteiger partial charge in [0, 0.05) is 27.9 Å². The van der Waals surface area contributed by atoms with E-state index < -0.39 is 6.10 Å². The number of aromatic nitrogens is 1. The zero-order valence-electron chi connectivity index (χ0n) is 18.5. The van der Waals surface area contributed by atoms with Crippen LogP contribution in [0.5, 0.6) is 5.75 Å². The first-order chi connectivity index (χ1) is 16.4. The van der Waals surface area contributed by atoms with Crippen molar-refractivity contribution in [3.63, 3.8) is 0 Å². The van der Waals surface area contributed by atoms with Crippen molar-refractivity contribution in [2.24, 2.45) is 5.92 Å². The van der Waals surface area contributed by atoms with Crippen LogP contribution in [-0.2, 0) is 4.79 Å². The topological polar surface area (TPSA) is 80.3 Å². The maximum atomic E-state index is 12.8. The number of benzene rings is 2. The molecular weight excluding hydrogens is 473 g/mol. The molecular formula is C26H25Cl2N3O3. The molecule has 1 fully saturated rings. The Balaban J connectivity index is 1.11. The normalized spacial score (nSPS) is 21.8. The molecule has 0 bridgehead atoms. The first-order valence-electron chi connectivity index (χ1n) is 11.5. The van der Waals surface area contributed by atoms with Gasteiger partial charge in [0.05, 0.1) is 17.7 Å². The molecule has 2 heterocycles. The number of carbonyl (C=O) groups excluding carboxylic acids is 2. The summed E-state index contributed by atoms with van der Waals surface area (Å²) in [6.07, 6.45) is 3.37. The number of anilines is 1. The highest BCUT2D eigenvalue weighted by Crippen LogP contribution is 2.32. The number of ketones is 1. The monoisotopic (exact) mass is 497 g/mol. The predicted molar refractivity (Wildman–Crippen MR) is 134 cm³/mol. The molecule has 1 amide bonds. The van der Waals surface area contributed by atoms with Gasteiger partial charge in [-0.2, -0.15) is 0 Å². The molecule has 1 atom stereocenters. The summed E-state index contributed by atoms with van der Waals surface area (Å²) in [6.45, 7) is 0.397. The predicted octanol–water partition coefficient (Wildman–Crippen LogP) is 5.66. The van der Waals surface area contributed by atoms with E-state index in [9.17, 15) is 9.59 Å². The molecule has 0 spiro atoms. The standard InChI is InChI=1S/C26H25Cl2N3O3/c27-17-4-9-20-16(12-17)3-8-21(31-20)23(32)11-15-1-6-19(7-2-15)30-26(33)25-14-29-22-13-18(28)5-10-24(22)34-25/h3-5,8-10,12-13,15,19,25,29H,1-2,6-7,11,14H2,(H,30,33). The third-order valence-electron chi connectivity index (χ3n) is 6.59. The highest BCUT2D eigenvalue weighted by Gasteiger charge is 2.30. The summed E-state index contributed by atoms with van der Waals surface area (Å²) in [4.78, 5) is 30.1. The van der Waals surface area contributed by atoms with Crippen LogP contribution in [0.4, 0.5) is 5.69 Å². The number of hydrogen-bond donors (Lipinski definition) is 2. The smallest absolute Gasteiger partial charge is 0.263 e. The van der Waals surface area contributed by atoms with Gasteiger partial charge >= 0.3 is 0 Å². The van der Waals surface area contributed by atoms with Crippen molar-refractivity contribution in [2.45, 2.75) is 44.2 Å². The second-order valence-electron chi connectivity index (χ2n) is 9.01. The van der Waals surface area contributed by atoms with Crippen molar-refractivity contribution in [1.82, 2.24) is 10.3 Å². The first kappa shape index (κ1) is 22.9. The molecule has 2 aliphatic rings. The van der Waals surface area contributed by atoms with Crippen LogP contribution in [0.1, 0.15) is 42.6 Å². The van der Waals surface area contributed by atoms with E-state index in [1.165, 1.54) is 0 Å². The number of ether oxygens (including phenoxy) is 1. The van der Waals surface area contributed by atoms with Crippen molar-refractivity contribution in [3.8, 4) is 5.75 Å². The van der Waals surface area contributed by atoms with Gasteiger partial charge in [0.1, 0.15) is 11.4 Å². The number of pyridine rings is 1. The number of carbonyl (C=O) groups is 2. The maximum absolute atomic E-state index is 12.8. The number of nitrogens with zero attached hydrogens (tertiary/aromatic N) is 1. The number of halogens is 2. The van der Waals surface area contributed by atoms with Gasteiger partial charge in [0.25, 0.3) is 5.91 Å². The number of fused-ring (bicyclic) bond motifs is 2. The zero-order valence-corrected chi connectivity index (χ0v) is 20.0. The van der Waals surface area contributed by atoms with E-state index in [2.05, 4.69) is 15.6 Å². The van der Waals surface area contributed by atoms with Gasteiger partial charge in [-0.05, 0) is 74.1 Å². The van der Waals surface area contributed by atoms with Gasteiger partial charge in [-0.3, -0.25) is 9.59 Å². The summed E-state index contributed by atoms with van der Waals surface area (Å²) in [6, 6.07) is 14.5. The fourth-order valence-corrected chi connectivity index (χ4v) is 5.06. The molecule has 176 valence electrons. The first-order valence-corrected chi connectivity index (χ1v) is 12.3. The summed E-state index contributed by atoms with van der Waals surface area (Å²) in [7, 11) is 0. The number of Topliss-reactive ketones (excluding diaryl/α,β-unsaturated/α-hetero) is 1. The molecule has 1 unspecified atom stereocenters. The SMILES string of the molecule is O=C(CC1CCC(NC(=O)C2CNc3cc(Cl)ccc3O2)CC1)c1ccc2cc(Cl)ccc2n1. The van der Waals surface area contributed by atoms with Crippen LogP contribution in [0.15, 0.2) is 48.5 Å². The Morgan fingerprint density at radius 1 is 1.00 bits per heavy atom. The van der Waals surface area contributed by atoms with E-state index in [-0.39, 0.29) is 17.7 Å². The lowest BCUT2D eigenvalue weighted by atomic mass is 9.82. The van der Waals surface area contributed by atoms with Crippen molar-refractivity contribution >= 4 is 51.5 Å². The van der Waals surface area contributed by atoms with E-state index in [0.29, 0.717) is 40.4 Å². The minimum absolute atomic E-state index is 0.0600. The Bertz CT molecular complexity index is 1240. The van der Waals surface area contributed by atoms with Crippen molar-refractivity contribution in [3.05, 3.63) is 64.3 Å². The maximum Gasteiger partial charge on any atom is 0.263 e. The van der Waals surface area contributed by atoms with E-state index in [1.807, 2.05) is 18.2 Å².